The van der Waals surface area contributed by atoms with Crippen LogP contribution in [-0.4, -0.2) is 28.9 Å². The van der Waals surface area contributed by atoms with Gasteiger partial charge in [-0.1, -0.05) is 26.1 Å². The number of thiocarbonyl (C=S) groups is 1. The molecule has 4 heteroatoms. The number of rotatable bonds is 3. The summed E-state index contributed by atoms with van der Waals surface area (Å²) in [4.78, 5) is 13.7. The molecule has 0 spiro atoms. The average Bonchev–Trinajstić information content (AvgIpc) is 2.30. The minimum Gasteiger partial charge on any atom is -0.393 e. The van der Waals surface area contributed by atoms with Crippen molar-refractivity contribution in [2.24, 2.45) is 17.6 Å². The number of carbonyl (C=O) groups excluding carboxylic acids is 1. The van der Waals surface area contributed by atoms with E-state index in [-0.39, 0.29) is 11.8 Å². The summed E-state index contributed by atoms with van der Waals surface area (Å²) in [7, 11) is 0. The Labute approximate surface area is 84.3 Å². The molecule has 2 unspecified atom stereocenters. The molecular formula is C9H16N2OS. The summed E-state index contributed by atoms with van der Waals surface area (Å²) in [6.45, 7) is 5.58. The summed E-state index contributed by atoms with van der Waals surface area (Å²) >= 11 is 4.86. The maximum atomic E-state index is 11.4. The van der Waals surface area contributed by atoms with Crippen molar-refractivity contribution < 1.29 is 4.79 Å². The molecule has 1 amide bonds. The first-order valence-corrected chi connectivity index (χ1v) is 4.98. The van der Waals surface area contributed by atoms with E-state index in [4.69, 9.17) is 18.0 Å². The van der Waals surface area contributed by atoms with Crippen molar-refractivity contribution in [2.75, 3.05) is 13.1 Å². The van der Waals surface area contributed by atoms with E-state index < -0.39 is 0 Å². The van der Waals surface area contributed by atoms with E-state index in [2.05, 4.69) is 6.92 Å². The Kier molecular flexibility index (Phi) is 3.25. The first-order valence-electron chi connectivity index (χ1n) is 4.57. The second-order valence-corrected chi connectivity index (χ2v) is 4.38. The highest BCUT2D eigenvalue weighted by Gasteiger charge is 2.27. The zero-order chi connectivity index (χ0) is 10.0. The average molecular weight is 200 g/mol. The van der Waals surface area contributed by atoms with Gasteiger partial charge in [-0.25, -0.2) is 0 Å². The quantitative estimate of drug-likeness (QED) is 0.685. The first-order chi connectivity index (χ1) is 6.00. The van der Waals surface area contributed by atoms with E-state index in [1.807, 2.05) is 11.8 Å². The highest BCUT2D eigenvalue weighted by Crippen LogP contribution is 2.17. The molecule has 0 aromatic carbocycles. The van der Waals surface area contributed by atoms with Crippen LogP contribution in [0.3, 0.4) is 0 Å². The molecule has 1 rings (SSSR count). The smallest absolute Gasteiger partial charge is 0.222 e. The molecule has 1 saturated heterocycles. The molecular weight excluding hydrogens is 184 g/mol. The summed E-state index contributed by atoms with van der Waals surface area (Å²) < 4.78 is 0. The van der Waals surface area contributed by atoms with Gasteiger partial charge >= 0.3 is 0 Å². The van der Waals surface area contributed by atoms with E-state index in [0.717, 1.165) is 6.54 Å². The Morgan fingerprint density at radius 2 is 2.46 bits per heavy atom. The van der Waals surface area contributed by atoms with Crippen molar-refractivity contribution in [2.45, 2.75) is 20.3 Å². The topological polar surface area (TPSA) is 46.3 Å². The van der Waals surface area contributed by atoms with E-state index >= 15 is 0 Å². The molecule has 3 nitrogen and oxygen atoms in total. The van der Waals surface area contributed by atoms with Crippen LogP contribution >= 0.6 is 12.2 Å². The summed E-state index contributed by atoms with van der Waals surface area (Å²) in [6, 6.07) is 0. The van der Waals surface area contributed by atoms with Gasteiger partial charge in [0.25, 0.3) is 0 Å². The molecule has 1 heterocycles. The van der Waals surface area contributed by atoms with Crippen LogP contribution in [-0.2, 0) is 4.79 Å². The van der Waals surface area contributed by atoms with Gasteiger partial charge < -0.3 is 10.6 Å². The third-order valence-corrected chi connectivity index (χ3v) is 2.79. The molecule has 0 aromatic heterocycles. The van der Waals surface area contributed by atoms with E-state index in [1.165, 1.54) is 0 Å². The van der Waals surface area contributed by atoms with Crippen molar-refractivity contribution >= 4 is 23.1 Å². The van der Waals surface area contributed by atoms with E-state index in [1.54, 1.807) is 0 Å². The number of nitrogens with two attached hydrogens (primary N) is 1. The van der Waals surface area contributed by atoms with Crippen molar-refractivity contribution in [3.8, 4) is 0 Å². The lowest BCUT2D eigenvalue weighted by Crippen LogP contribution is -2.34. The van der Waals surface area contributed by atoms with Crippen LogP contribution in [0.4, 0.5) is 0 Å². The summed E-state index contributed by atoms with van der Waals surface area (Å²) in [5, 5.41) is 0. The molecule has 0 aliphatic carbocycles. The molecule has 2 atom stereocenters. The highest BCUT2D eigenvalue weighted by molar-refractivity contribution is 7.80. The number of nitrogens with zero attached hydrogens (tertiary/aromatic N) is 1. The maximum absolute atomic E-state index is 11.4. The van der Waals surface area contributed by atoms with Crippen molar-refractivity contribution in [3.63, 3.8) is 0 Å². The fraction of sp³-hybridized carbons (Fsp3) is 0.778. The number of carbonyl (C=O) groups is 1. The second kappa shape index (κ2) is 4.05. The number of hydrogen-bond acceptors (Lipinski definition) is 2. The lowest BCUT2D eigenvalue weighted by molar-refractivity contribution is -0.127. The first kappa shape index (κ1) is 10.4. The summed E-state index contributed by atoms with van der Waals surface area (Å²) in [6.07, 6.45) is 0.671. The van der Waals surface area contributed by atoms with Crippen molar-refractivity contribution in [1.82, 2.24) is 4.90 Å². The zero-order valence-corrected chi connectivity index (χ0v) is 8.93. The normalized spacial score (nSPS) is 24.9. The molecule has 74 valence electrons. The summed E-state index contributed by atoms with van der Waals surface area (Å²) in [5.41, 5.74) is 5.49. The van der Waals surface area contributed by atoms with Gasteiger partial charge in [0.1, 0.15) is 0 Å². The Bertz CT molecular complexity index is 230. The Hall–Kier alpha value is -0.640. The highest BCUT2D eigenvalue weighted by atomic mass is 32.1. The lowest BCUT2D eigenvalue weighted by Gasteiger charge is -2.20. The molecule has 0 radical (unpaired) electrons. The van der Waals surface area contributed by atoms with Gasteiger partial charge in [0, 0.05) is 25.4 Å². The predicted molar refractivity (Wildman–Crippen MR) is 56.3 cm³/mol. The fourth-order valence-electron chi connectivity index (χ4n) is 1.57. The van der Waals surface area contributed by atoms with Crippen LogP contribution in [0.15, 0.2) is 0 Å². The number of amides is 1. The van der Waals surface area contributed by atoms with Gasteiger partial charge in [-0.3, -0.25) is 4.79 Å². The second-order valence-electron chi connectivity index (χ2n) is 3.91. The van der Waals surface area contributed by atoms with Gasteiger partial charge in [-0.05, 0) is 5.92 Å². The number of hydrogen-bond donors (Lipinski definition) is 1. The predicted octanol–water partition coefficient (Wildman–Crippen LogP) is 0.777. The van der Waals surface area contributed by atoms with E-state index in [0.29, 0.717) is 23.9 Å². The largest absolute Gasteiger partial charge is 0.393 e. The SMILES string of the molecule is CC1CC(=O)N(CC(C)C(N)=S)C1. The molecule has 1 aliphatic rings. The number of likely N-dealkylation sites (tertiary alicyclic amines) is 1. The van der Waals surface area contributed by atoms with Crippen LogP contribution in [0, 0.1) is 11.8 Å². The van der Waals surface area contributed by atoms with Crippen molar-refractivity contribution in [3.05, 3.63) is 0 Å². The Morgan fingerprint density at radius 1 is 1.85 bits per heavy atom. The van der Waals surface area contributed by atoms with Crippen LogP contribution in [0.2, 0.25) is 0 Å². The zero-order valence-electron chi connectivity index (χ0n) is 8.12. The van der Waals surface area contributed by atoms with Gasteiger partial charge in [-0.15, -0.1) is 0 Å². The molecule has 0 saturated carbocycles. The Morgan fingerprint density at radius 3 is 2.85 bits per heavy atom. The molecule has 0 aromatic rings. The lowest BCUT2D eigenvalue weighted by atomic mass is 10.1. The van der Waals surface area contributed by atoms with Gasteiger partial charge in [0.05, 0.1) is 4.99 Å². The minimum atomic E-state index is 0.129. The fourth-order valence-corrected chi connectivity index (χ4v) is 1.64. The van der Waals surface area contributed by atoms with Crippen molar-refractivity contribution in [1.29, 1.82) is 0 Å². The van der Waals surface area contributed by atoms with Gasteiger partial charge in [0.2, 0.25) is 5.91 Å². The molecule has 2 N–H and O–H groups in total. The molecule has 13 heavy (non-hydrogen) atoms. The van der Waals surface area contributed by atoms with E-state index in [9.17, 15) is 4.79 Å². The maximum Gasteiger partial charge on any atom is 0.222 e. The van der Waals surface area contributed by atoms with Crippen LogP contribution < -0.4 is 5.73 Å². The third-order valence-electron chi connectivity index (χ3n) is 2.39. The molecule has 1 fully saturated rings. The summed E-state index contributed by atoms with van der Waals surface area (Å²) in [5.74, 6) is 0.839. The van der Waals surface area contributed by atoms with Crippen LogP contribution in [0.25, 0.3) is 0 Å². The van der Waals surface area contributed by atoms with Crippen LogP contribution in [0.5, 0.6) is 0 Å². The third kappa shape index (κ3) is 2.66. The van der Waals surface area contributed by atoms with Crippen LogP contribution in [0.1, 0.15) is 20.3 Å². The molecule has 0 bridgehead atoms. The monoisotopic (exact) mass is 200 g/mol. The Balaban J connectivity index is 2.46. The minimum absolute atomic E-state index is 0.129. The standard InChI is InChI=1S/C9H16N2OS/c1-6-3-8(12)11(4-6)5-7(2)9(10)13/h6-7H,3-5H2,1-2H3,(H2,10,13). The van der Waals surface area contributed by atoms with Gasteiger partial charge in [-0.2, -0.15) is 0 Å². The van der Waals surface area contributed by atoms with Gasteiger partial charge in [0.15, 0.2) is 0 Å². The molecule has 1 aliphatic heterocycles.